The fourth-order valence-electron chi connectivity index (χ4n) is 4.68. The van der Waals surface area contributed by atoms with Crippen molar-refractivity contribution < 1.29 is 4.74 Å². The first kappa shape index (κ1) is 12.1. The van der Waals surface area contributed by atoms with Crippen molar-refractivity contribution in [1.29, 1.82) is 5.26 Å². The molecule has 2 fully saturated rings. The van der Waals surface area contributed by atoms with Gasteiger partial charge in [0.15, 0.2) is 0 Å². The normalized spacial score (nSPS) is 37.0. The molecule has 4 rings (SSSR count). The molecule has 3 nitrogen and oxygen atoms in total. The molecule has 0 amide bonds. The Bertz CT molecular complexity index is 566. The van der Waals surface area contributed by atoms with Crippen molar-refractivity contribution >= 4 is 0 Å². The van der Waals surface area contributed by atoms with Crippen LogP contribution in [-0.2, 0) is 4.74 Å². The van der Waals surface area contributed by atoms with Crippen molar-refractivity contribution in [3.63, 3.8) is 0 Å². The second-order valence-electron chi connectivity index (χ2n) is 6.32. The van der Waals surface area contributed by atoms with Crippen LogP contribution in [0.2, 0.25) is 0 Å². The Labute approximate surface area is 120 Å². The maximum Gasteiger partial charge on any atom is 0.123 e. The summed E-state index contributed by atoms with van der Waals surface area (Å²) < 4.78 is 6.11. The van der Waals surface area contributed by atoms with Crippen LogP contribution in [0.25, 0.3) is 0 Å². The highest BCUT2D eigenvalue weighted by molar-refractivity contribution is 5.39. The molecule has 0 bridgehead atoms. The van der Waals surface area contributed by atoms with E-state index < -0.39 is 0 Å². The maximum atomic E-state index is 9.21. The van der Waals surface area contributed by atoms with Crippen molar-refractivity contribution in [3.05, 3.63) is 35.5 Å². The fourth-order valence-corrected chi connectivity index (χ4v) is 4.68. The van der Waals surface area contributed by atoms with Crippen LogP contribution in [0, 0.1) is 22.7 Å². The lowest BCUT2D eigenvalue weighted by atomic mass is 9.60. The van der Waals surface area contributed by atoms with Gasteiger partial charge >= 0.3 is 0 Å². The van der Waals surface area contributed by atoms with Crippen LogP contribution in [-0.4, -0.2) is 11.5 Å². The molecule has 2 atom stereocenters. The van der Waals surface area contributed by atoms with Crippen LogP contribution < -0.4 is 0 Å². The van der Waals surface area contributed by atoms with E-state index in [9.17, 15) is 5.26 Å². The van der Waals surface area contributed by atoms with Crippen LogP contribution in [0.4, 0.5) is 0 Å². The minimum absolute atomic E-state index is 0.206. The molecule has 0 aromatic heterocycles. The lowest BCUT2D eigenvalue weighted by Gasteiger charge is -2.50. The predicted molar refractivity (Wildman–Crippen MR) is 75.9 cm³/mol. The van der Waals surface area contributed by atoms with Gasteiger partial charge in [-0.15, -0.1) is 0 Å². The highest BCUT2D eigenvalue weighted by Gasteiger charge is 2.55. The highest BCUT2D eigenvalue weighted by atomic mass is 16.5. The largest absolute Gasteiger partial charge is 0.495 e. The smallest absolute Gasteiger partial charge is 0.123 e. The molecule has 1 aliphatic carbocycles. The van der Waals surface area contributed by atoms with Crippen molar-refractivity contribution in [1.82, 2.24) is 4.90 Å². The van der Waals surface area contributed by atoms with Gasteiger partial charge in [0.25, 0.3) is 0 Å². The van der Waals surface area contributed by atoms with E-state index in [1.54, 1.807) is 6.08 Å². The third-order valence-corrected chi connectivity index (χ3v) is 5.48. The second-order valence-corrected chi connectivity index (χ2v) is 6.32. The van der Waals surface area contributed by atoms with E-state index in [1.807, 2.05) is 0 Å². The number of nitrogens with zero attached hydrogens (tertiary/aromatic N) is 2. The van der Waals surface area contributed by atoms with Crippen molar-refractivity contribution in [2.75, 3.05) is 6.61 Å². The number of ether oxygens (including phenoxy) is 1. The Morgan fingerprint density at radius 3 is 3.25 bits per heavy atom. The fraction of sp³-hybridized carbons (Fsp3) is 0.588. The summed E-state index contributed by atoms with van der Waals surface area (Å²) in [4.78, 5) is 2.25. The molecule has 2 unspecified atom stereocenters. The monoisotopic (exact) mass is 268 g/mol. The molecule has 0 radical (unpaired) electrons. The molecule has 1 saturated heterocycles. The van der Waals surface area contributed by atoms with Crippen molar-refractivity contribution in [3.8, 4) is 6.07 Å². The van der Waals surface area contributed by atoms with E-state index >= 15 is 0 Å². The Hall–Kier alpha value is -1.69. The zero-order valence-corrected chi connectivity index (χ0v) is 11.8. The van der Waals surface area contributed by atoms with Gasteiger partial charge in [-0.05, 0) is 32.1 Å². The first-order valence-electron chi connectivity index (χ1n) is 7.79. The predicted octanol–water partition coefficient (Wildman–Crippen LogP) is 3.83. The zero-order valence-electron chi connectivity index (χ0n) is 11.8. The number of hydrogen-bond acceptors (Lipinski definition) is 3. The summed E-state index contributed by atoms with van der Waals surface area (Å²) in [7, 11) is 0. The molecule has 3 heterocycles. The summed E-state index contributed by atoms with van der Waals surface area (Å²) in [6.45, 7) is 0.854. The number of allylic oxidation sites excluding steroid dienone is 5. The highest BCUT2D eigenvalue weighted by Crippen LogP contribution is 2.60. The average Bonchev–Trinajstić information content (AvgIpc) is 2.91. The molecule has 0 aromatic carbocycles. The van der Waals surface area contributed by atoms with Crippen LogP contribution >= 0.6 is 0 Å². The third-order valence-electron chi connectivity index (χ3n) is 5.48. The minimum Gasteiger partial charge on any atom is -0.495 e. The molecule has 0 aromatic rings. The summed E-state index contributed by atoms with van der Waals surface area (Å²) in [5, 5.41) is 9.21. The zero-order chi connectivity index (χ0) is 13.6. The third kappa shape index (κ3) is 1.45. The van der Waals surface area contributed by atoms with Gasteiger partial charge in [-0.3, -0.25) is 0 Å². The van der Waals surface area contributed by atoms with Crippen LogP contribution in [0.15, 0.2) is 35.5 Å². The molecule has 1 spiro atoms. The van der Waals surface area contributed by atoms with Gasteiger partial charge in [0.05, 0.1) is 18.4 Å². The van der Waals surface area contributed by atoms with Gasteiger partial charge in [-0.1, -0.05) is 18.9 Å². The molecule has 20 heavy (non-hydrogen) atoms. The topological polar surface area (TPSA) is 36.3 Å². The Balaban J connectivity index is 1.93. The summed E-state index contributed by atoms with van der Waals surface area (Å²) in [6.07, 6.45) is 14.4. The second kappa shape index (κ2) is 4.41. The number of nitriles is 1. The number of fused-ring (bicyclic) bond motifs is 1. The molecule has 3 heteroatoms. The Kier molecular flexibility index (Phi) is 2.66. The van der Waals surface area contributed by atoms with Crippen molar-refractivity contribution in [2.24, 2.45) is 11.3 Å². The SMILES string of the molecule is N#CC=C1C2CCCCC23CCOC3=C2CCC=CN12. The van der Waals surface area contributed by atoms with E-state index in [0.717, 1.165) is 25.9 Å². The van der Waals surface area contributed by atoms with Gasteiger partial charge in [-0.25, -0.2) is 0 Å². The molecule has 1 saturated carbocycles. The van der Waals surface area contributed by atoms with Gasteiger partial charge in [0.1, 0.15) is 5.76 Å². The summed E-state index contributed by atoms with van der Waals surface area (Å²) in [6, 6.07) is 2.28. The molecular weight excluding hydrogens is 248 g/mol. The van der Waals surface area contributed by atoms with Crippen LogP contribution in [0.1, 0.15) is 44.9 Å². The molecule has 0 N–H and O–H groups in total. The summed E-state index contributed by atoms with van der Waals surface area (Å²) in [5.74, 6) is 1.74. The number of rotatable bonds is 0. The van der Waals surface area contributed by atoms with E-state index in [2.05, 4.69) is 23.2 Å². The molecule has 4 aliphatic rings. The van der Waals surface area contributed by atoms with Gasteiger partial charge < -0.3 is 9.64 Å². The standard InChI is InChI=1S/C17H20N2O/c18-10-7-14-13-5-1-3-8-17(13)9-12-20-16(17)15-6-2-4-11-19(14)15/h4,7,11,13H,1-3,5-6,8-9,12H2. The summed E-state index contributed by atoms with van der Waals surface area (Å²) >= 11 is 0. The average molecular weight is 268 g/mol. The van der Waals surface area contributed by atoms with E-state index in [1.165, 1.54) is 42.8 Å². The molecule has 104 valence electrons. The first-order chi connectivity index (χ1) is 9.87. The minimum atomic E-state index is 0.206. The van der Waals surface area contributed by atoms with Crippen LogP contribution in [0.5, 0.6) is 0 Å². The number of hydrogen-bond donors (Lipinski definition) is 0. The lowest BCUT2D eigenvalue weighted by Crippen LogP contribution is -2.44. The van der Waals surface area contributed by atoms with Gasteiger partial charge in [-0.2, -0.15) is 5.26 Å². The first-order valence-corrected chi connectivity index (χ1v) is 7.79. The van der Waals surface area contributed by atoms with Crippen molar-refractivity contribution in [2.45, 2.75) is 44.9 Å². The lowest BCUT2D eigenvalue weighted by molar-refractivity contribution is 0.104. The van der Waals surface area contributed by atoms with Gasteiger partial charge in [0, 0.05) is 29.3 Å². The van der Waals surface area contributed by atoms with Crippen LogP contribution in [0.3, 0.4) is 0 Å². The summed E-state index contributed by atoms with van der Waals surface area (Å²) in [5.41, 5.74) is 2.75. The molecule has 3 aliphatic heterocycles. The van der Waals surface area contributed by atoms with E-state index in [0.29, 0.717) is 5.92 Å². The molecular formula is C17H20N2O. The van der Waals surface area contributed by atoms with E-state index in [-0.39, 0.29) is 5.41 Å². The maximum absolute atomic E-state index is 9.21. The quantitative estimate of drug-likeness (QED) is 0.626. The Morgan fingerprint density at radius 2 is 2.35 bits per heavy atom. The van der Waals surface area contributed by atoms with Gasteiger partial charge in [0.2, 0.25) is 0 Å². The van der Waals surface area contributed by atoms with E-state index in [4.69, 9.17) is 4.74 Å². The Morgan fingerprint density at radius 1 is 1.40 bits per heavy atom.